The van der Waals surface area contributed by atoms with Gasteiger partial charge >= 0.3 is 5.97 Å². The van der Waals surface area contributed by atoms with Crippen molar-refractivity contribution in [3.8, 4) is 0 Å². The molecule has 0 aromatic heterocycles. The average Bonchev–Trinajstić information content (AvgIpc) is 2.89. The molecular formula is C14H26N2O3. The Kier molecular flexibility index (Phi) is 7.48. The molecule has 0 radical (unpaired) electrons. The highest BCUT2D eigenvalue weighted by Crippen LogP contribution is 2.09. The van der Waals surface area contributed by atoms with E-state index in [4.69, 9.17) is 5.11 Å². The van der Waals surface area contributed by atoms with Crippen LogP contribution in [0.4, 0.5) is 0 Å². The Morgan fingerprint density at radius 2 is 1.84 bits per heavy atom. The third kappa shape index (κ3) is 6.57. The van der Waals surface area contributed by atoms with Gasteiger partial charge < -0.3 is 10.0 Å². The lowest BCUT2D eigenvalue weighted by Crippen LogP contribution is -2.40. The SMILES string of the molecule is CCCCCN(CCC(=O)O)CC(=O)N1CCCC1. The van der Waals surface area contributed by atoms with Gasteiger partial charge in [0, 0.05) is 19.6 Å². The number of unbranched alkanes of at least 4 members (excludes halogenated alkanes) is 2. The molecule has 1 heterocycles. The lowest BCUT2D eigenvalue weighted by molar-refractivity contribution is -0.138. The Morgan fingerprint density at radius 3 is 2.42 bits per heavy atom. The van der Waals surface area contributed by atoms with Crippen LogP contribution in [-0.4, -0.2) is 59.5 Å². The second-order valence-electron chi connectivity index (χ2n) is 5.21. The van der Waals surface area contributed by atoms with Crippen LogP contribution in [0, 0.1) is 0 Å². The number of carbonyl (C=O) groups excluding carboxylic acids is 1. The fourth-order valence-corrected chi connectivity index (χ4v) is 2.37. The van der Waals surface area contributed by atoms with Crippen molar-refractivity contribution < 1.29 is 14.7 Å². The van der Waals surface area contributed by atoms with Gasteiger partial charge in [-0.3, -0.25) is 14.5 Å². The van der Waals surface area contributed by atoms with Gasteiger partial charge in [-0.05, 0) is 25.8 Å². The van der Waals surface area contributed by atoms with Crippen molar-refractivity contribution in [1.29, 1.82) is 0 Å². The maximum Gasteiger partial charge on any atom is 0.304 e. The van der Waals surface area contributed by atoms with E-state index in [-0.39, 0.29) is 12.3 Å². The Morgan fingerprint density at radius 1 is 1.16 bits per heavy atom. The third-order valence-corrected chi connectivity index (χ3v) is 3.54. The minimum Gasteiger partial charge on any atom is -0.481 e. The third-order valence-electron chi connectivity index (χ3n) is 3.54. The summed E-state index contributed by atoms with van der Waals surface area (Å²) >= 11 is 0. The topological polar surface area (TPSA) is 60.9 Å². The number of aliphatic carboxylic acids is 1. The zero-order valence-electron chi connectivity index (χ0n) is 11.9. The summed E-state index contributed by atoms with van der Waals surface area (Å²) in [5, 5.41) is 8.76. The normalized spacial score (nSPS) is 15.2. The molecule has 1 N–H and O–H groups in total. The minimum absolute atomic E-state index is 0.111. The molecule has 1 saturated heterocycles. The minimum atomic E-state index is -0.797. The van der Waals surface area contributed by atoms with Crippen LogP contribution in [0.3, 0.4) is 0 Å². The second kappa shape index (κ2) is 8.91. The largest absolute Gasteiger partial charge is 0.481 e. The van der Waals surface area contributed by atoms with E-state index in [1.165, 1.54) is 0 Å². The molecule has 1 fully saturated rings. The highest BCUT2D eigenvalue weighted by Gasteiger charge is 2.20. The molecule has 1 amide bonds. The number of hydrogen-bond donors (Lipinski definition) is 1. The lowest BCUT2D eigenvalue weighted by atomic mass is 10.2. The Hall–Kier alpha value is -1.10. The smallest absolute Gasteiger partial charge is 0.304 e. The molecule has 1 aliphatic heterocycles. The van der Waals surface area contributed by atoms with Gasteiger partial charge in [-0.1, -0.05) is 19.8 Å². The number of amides is 1. The zero-order valence-corrected chi connectivity index (χ0v) is 11.9. The van der Waals surface area contributed by atoms with E-state index in [0.29, 0.717) is 13.1 Å². The van der Waals surface area contributed by atoms with Gasteiger partial charge in [0.15, 0.2) is 0 Å². The van der Waals surface area contributed by atoms with Gasteiger partial charge in [-0.2, -0.15) is 0 Å². The quantitative estimate of drug-likeness (QED) is 0.646. The van der Waals surface area contributed by atoms with E-state index < -0.39 is 5.97 Å². The van der Waals surface area contributed by atoms with E-state index in [0.717, 1.165) is 51.7 Å². The number of likely N-dealkylation sites (tertiary alicyclic amines) is 1. The zero-order chi connectivity index (χ0) is 14.1. The Labute approximate surface area is 115 Å². The molecule has 0 aromatic rings. The Balaban J connectivity index is 2.36. The predicted molar refractivity (Wildman–Crippen MR) is 74.0 cm³/mol. The van der Waals surface area contributed by atoms with E-state index in [1.54, 1.807) is 0 Å². The fraction of sp³-hybridized carbons (Fsp3) is 0.857. The van der Waals surface area contributed by atoms with Gasteiger partial charge in [0.05, 0.1) is 13.0 Å². The van der Waals surface area contributed by atoms with E-state index in [1.807, 2.05) is 9.80 Å². The molecule has 5 heteroatoms. The van der Waals surface area contributed by atoms with Crippen molar-refractivity contribution >= 4 is 11.9 Å². The number of carboxylic acids is 1. The molecule has 110 valence electrons. The highest BCUT2D eigenvalue weighted by atomic mass is 16.4. The van der Waals surface area contributed by atoms with E-state index in [2.05, 4.69) is 6.92 Å². The van der Waals surface area contributed by atoms with Gasteiger partial charge in [0.25, 0.3) is 0 Å². The molecular weight excluding hydrogens is 244 g/mol. The predicted octanol–water partition coefficient (Wildman–Crippen LogP) is 1.58. The maximum atomic E-state index is 12.1. The first-order chi connectivity index (χ1) is 9.13. The summed E-state index contributed by atoms with van der Waals surface area (Å²) in [5.41, 5.74) is 0. The molecule has 0 atom stereocenters. The monoisotopic (exact) mass is 270 g/mol. The molecule has 0 aromatic carbocycles. The van der Waals surface area contributed by atoms with Crippen LogP contribution in [0.25, 0.3) is 0 Å². The average molecular weight is 270 g/mol. The molecule has 0 bridgehead atoms. The summed E-state index contributed by atoms with van der Waals surface area (Å²) in [6.07, 6.45) is 5.59. The van der Waals surface area contributed by atoms with Crippen molar-refractivity contribution in [3.05, 3.63) is 0 Å². The standard InChI is InChI=1S/C14H26N2O3/c1-2-3-4-8-15(11-7-14(18)19)12-13(17)16-9-5-6-10-16/h2-12H2,1H3,(H,18,19). The van der Waals surface area contributed by atoms with Crippen LogP contribution < -0.4 is 0 Å². The summed E-state index contributed by atoms with van der Waals surface area (Å²) in [5.74, 6) is -0.645. The molecule has 19 heavy (non-hydrogen) atoms. The summed E-state index contributed by atoms with van der Waals surface area (Å²) < 4.78 is 0. The Bertz CT molecular complexity index is 288. The number of hydrogen-bond acceptors (Lipinski definition) is 3. The first kappa shape index (κ1) is 16.0. The van der Waals surface area contributed by atoms with Crippen molar-refractivity contribution in [1.82, 2.24) is 9.80 Å². The molecule has 0 aliphatic carbocycles. The second-order valence-corrected chi connectivity index (χ2v) is 5.21. The maximum absolute atomic E-state index is 12.1. The highest BCUT2D eigenvalue weighted by molar-refractivity contribution is 5.78. The van der Waals surface area contributed by atoms with Crippen molar-refractivity contribution in [3.63, 3.8) is 0 Å². The van der Waals surface area contributed by atoms with Gasteiger partial charge in [0.2, 0.25) is 5.91 Å². The van der Waals surface area contributed by atoms with Crippen LogP contribution in [0.5, 0.6) is 0 Å². The van der Waals surface area contributed by atoms with Crippen LogP contribution in [0.2, 0.25) is 0 Å². The van der Waals surface area contributed by atoms with Crippen molar-refractivity contribution in [2.45, 2.75) is 45.4 Å². The van der Waals surface area contributed by atoms with Crippen LogP contribution in [-0.2, 0) is 9.59 Å². The van der Waals surface area contributed by atoms with Crippen molar-refractivity contribution in [2.24, 2.45) is 0 Å². The summed E-state index contributed by atoms with van der Waals surface area (Å²) in [6, 6.07) is 0. The number of rotatable bonds is 9. The van der Waals surface area contributed by atoms with Gasteiger partial charge in [-0.25, -0.2) is 0 Å². The van der Waals surface area contributed by atoms with Gasteiger partial charge in [-0.15, -0.1) is 0 Å². The molecule has 0 saturated carbocycles. The lowest BCUT2D eigenvalue weighted by Gasteiger charge is -2.24. The van der Waals surface area contributed by atoms with Gasteiger partial charge in [0.1, 0.15) is 0 Å². The molecule has 0 unspecified atom stereocenters. The number of nitrogens with zero attached hydrogens (tertiary/aromatic N) is 2. The summed E-state index contributed by atoms with van der Waals surface area (Å²) in [6.45, 7) is 5.52. The summed E-state index contributed by atoms with van der Waals surface area (Å²) in [7, 11) is 0. The van der Waals surface area contributed by atoms with Crippen molar-refractivity contribution in [2.75, 3.05) is 32.7 Å². The van der Waals surface area contributed by atoms with Crippen LogP contribution in [0.15, 0.2) is 0 Å². The van der Waals surface area contributed by atoms with E-state index >= 15 is 0 Å². The first-order valence-corrected chi connectivity index (χ1v) is 7.35. The van der Waals surface area contributed by atoms with Crippen LogP contribution in [0.1, 0.15) is 45.4 Å². The van der Waals surface area contributed by atoms with Crippen LogP contribution >= 0.6 is 0 Å². The molecule has 0 spiro atoms. The van der Waals surface area contributed by atoms with E-state index in [9.17, 15) is 9.59 Å². The number of carbonyl (C=O) groups is 2. The molecule has 5 nitrogen and oxygen atoms in total. The first-order valence-electron chi connectivity index (χ1n) is 7.35. The number of carboxylic acid groups (broad SMARTS) is 1. The summed E-state index contributed by atoms with van der Waals surface area (Å²) in [4.78, 5) is 26.6. The fourth-order valence-electron chi connectivity index (χ4n) is 2.37. The molecule has 1 rings (SSSR count). The molecule has 1 aliphatic rings.